The predicted octanol–water partition coefficient (Wildman–Crippen LogP) is 2.68. The third kappa shape index (κ3) is 2.98. The minimum Gasteiger partial charge on any atom is -0.481 e. The molecule has 0 aliphatic carbocycles. The molecule has 0 unspecified atom stereocenters. The summed E-state index contributed by atoms with van der Waals surface area (Å²) < 4.78 is 34.4. The van der Waals surface area contributed by atoms with Gasteiger partial charge in [0.2, 0.25) is 0 Å². The van der Waals surface area contributed by atoms with Crippen LogP contribution in [0.3, 0.4) is 0 Å². The fourth-order valence-electron chi connectivity index (χ4n) is 1.57. The fraction of sp³-hybridized carbons (Fsp3) is 0.455. The maximum absolute atomic E-state index is 12.2. The van der Waals surface area contributed by atoms with Crippen LogP contribution >= 0.6 is 11.6 Å². The van der Waals surface area contributed by atoms with E-state index in [-0.39, 0.29) is 11.5 Å². The average molecular weight is 264 g/mol. The molecule has 0 radical (unpaired) electrons. The number of ether oxygens (including phenoxy) is 2. The van der Waals surface area contributed by atoms with Crippen LogP contribution < -0.4 is 14.8 Å². The molecule has 1 saturated heterocycles. The van der Waals surface area contributed by atoms with Gasteiger partial charge in [-0.15, -0.1) is 0 Å². The predicted molar refractivity (Wildman–Crippen MR) is 60.0 cm³/mol. The number of alkyl halides is 2. The summed E-state index contributed by atoms with van der Waals surface area (Å²) in [6.07, 6.45) is 0. The van der Waals surface area contributed by atoms with E-state index in [2.05, 4.69) is 10.1 Å². The van der Waals surface area contributed by atoms with Crippen molar-refractivity contribution in [2.24, 2.45) is 0 Å². The van der Waals surface area contributed by atoms with Gasteiger partial charge in [0, 0.05) is 24.2 Å². The second-order valence-electron chi connectivity index (χ2n) is 4.13. The highest BCUT2D eigenvalue weighted by atomic mass is 35.5. The van der Waals surface area contributed by atoms with Crippen LogP contribution in [0.4, 0.5) is 8.78 Å². The van der Waals surface area contributed by atoms with Crippen molar-refractivity contribution in [2.45, 2.75) is 19.1 Å². The maximum atomic E-state index is 12.2. The van der Waals surface area contributed by atoms with Crippen LogP contribution in [-0.4, -0.2) is 25.3 Å². The first-order valence-corrected chi connectivity index (χ1v) is 5.50. The van der Waals surface area contributed by atoms with Gasteiger partial charge in [-0.2, -0.15) is 8.78 Å². The van der Waals surface area contributed by atoms with E-state index in [0.29, 0.717) is 18.1 Å². The van der Waals surface area contributed by atoms with Crippen LogP contribution in [0.25, 0.3) is 0 Å². The molecule has 1 aromatic rings. The van der Waals surface area contributed by atoms with Crippen molar-refractivity contribution >= 4 is 11.6 Å². The number of halogens is 3. The van der Waals surface area contributed by atoms with E-state index < -0.39 is 12.2 Å². The first-order valence-electron chi connectivity index (χ1n) is 5.13. The number of hydrogen-bond donors (Lipinski definition) is 1. The summed E-state index contributed by atoms with van der Waals surface area (Å²) in [4.78, 5) is 0. The van der Waals surface area contributed by atoms with E-state index >= 15 is 0 Å². The molecule has 6 heteroatoms. The molecule has 0 spiro atoms. The molecule has 1 aromatic carbocycles. The zero-order valence-corrected chi connectivity index (χ0v) is 9.93. The van der Waals surface area contributed by atoms with E-state index in [1.165, 1.54) is 18.2 Å². The Bertz CT molecular complexity index is 410. The van der Waals surface area contributed by atoms with Gasteiger partial charge in [0.05, 0.1) is 0 Å². The van der Waals surface area contributed by atoms with E-state index in [0.717, 1.165) is 0 Å². The fourth-order valence-corrected chi connectivity index (χ4v) is 1.73. The van der Waals surface area contributed by atoms with Crippen LogP contribution in [-0.2, 0) is 0 Å². The third-order valence-corrected chi connectivity index (χ3v) is 2.71. The Morgan fingerprint density at radius 3 is 2.59 bits per heavy atom. The molecule has 0 atom stereocenters. The first-order chi connectivity index (χ1) is 7.98. The summed E-state index contributed by atoms with van der Waals surface area (Å²) in [7, 11) is 0. The van der Waals surface area contributed by atoms with E-state index in [9.17, 15) is 8.78 Å². The van der Waals surface area contributed by atoms with Crippen molar-refractivity contribution < 1.29 is 18.3 Å². The highest BCUT2D eigenvalue weighted by Crippen LogP contribution is 2.34. The van der Waals surface area contributed by atoms with Gasteiger partial charge in [-0.3, -0.25) is 0 Å². The van der Waals surface area contributed by atoms with Crippen molar-refractivity contribution in [1.29, 1.82) is 0 Å². The molecule has 0 aromatic heterocycles. The highest BCUT2D eigenvalue weighted by Gasteiger charge is 2.34. The number of benzene rings is 1. The lowest BCUT2D eigenvalue weighted by Crippen LogP contribution is -2.61. The molecule has 17 heavy (non-hydrogen) atoms. The van der Waals surface area contributed by atoms with Crippen LogP contribution in [0.1, 0.15) is 6.92 Å². The molecule has 2 rings (SSSR count). The van der Waals surface area contributed by atoms with Gasteiger partial charge in [0.1, 0.15) is 5.60 Å². The van der Waals surface area contributed by atoms with Gasteiger partial charge >= 0.3 is 6.61 Å². The highest BCUT2D eigenvalue weighted by molar-refractivity contribution is 6.30. The smallest absolute Gasteiger partial charge is 0.387 e. The monoisotopic (exact) mass is 263 g/mol. The Kier molecular flexibility index (Phi) is 3.40. The Morgan fingerprint density at radius 1 is 1.35 bits per heavy atom. The van der Waals surface area contributed by atoms with Crippen LogP contribution in [0.5, 0.6) is 11.5 Å². The summed E-state index contributed by atoms with van der Waals surface area (Å²) >= 11 is 5.80. The SMILES string of the molecule is CC1(Oc2cc(Cl)ccc2OC(F)F)CNC1. The molecule has 3 nitrogen and oxygen atoms in total. The van der Waals surface area contributed by atoms with E-state index in [1.54, 1.807) is 0 Å². The zero-order valence-electron chi connectivity index (χ0n) is 9.17. The van der Waals surface area contributed by atoms with Gasteiger partial charge < -0.3 is 14.8 Å². The second kappa shape index (κ2) is 4.66. The van der Waals surface area contributed by atoms with Crippen molar-refractivity contribution in [3.05, 3.63) is 23.2 Å². The van der Waals surface area contributed by atoms with Gasteiger partial charge in [-0.05, 0) is 19.1 Å². The molecule has 1 aliphatic rings. The van der Waals surface area contributed by atoms with Crippen molar-refractivity contribution in [3.8, 4) is 11.5 Å². The average Bonchev–Trinajstić information content (AvgIpc) is 2.19. The molecule has 0 bridgehead atoms. The molecular formula is C11H12ClF2NO2. The zero-order chi connectivity index (χ0) is 12.5. The lowest BCUT2D eigenvalue weighted by Gasteiger charge is -2.39. The molecule has 0 amide bonds. The minimum atomic E-state index is -2.88. The van der Waals surface area contributed by atoms with Gasteiger partial charge in [0.25, 0.3) is 0 Å². The Morgan fingerprint density at radius 2 is 2.06 bits per heavy atom. The van der Waals surface area contributed by atoms with Crippen LogP contribution in [0.15, 0.2) is 18.2 Å². The second-order valence-corrected chi connectivity index (χ2v) is 4.56. The van der Waals surface area contributed by atoms with Crippen molar-refractivity contribution in [1.82, 2.24) is 5.32 Å². The van der Waals surface area contributed by atoms with Crippen molar-refractivity contribution in [2.75, 3.05) is 13.1 Å². The molecule has 94 valence electrons. The maximum Gasteiger partial charge on any atom is 0.387 e. The molecular weight excluding hydrogens is 252 g/mol. The molecule has 1 heterocycles. The Balaban J connectivity index is 2.20. The summed E-state index contributed by atoms with van der Waals surface area (Å²) in [6.45, 7) is 0.323. The normalized spacial score (nSPS) is 17.7. The summed E-state index contributed by atoms with van der Waals surface area (Å²) in [6, 6.07) is 4.33. The lowest BCUT2D eigenvalue weighted by molar-refractivity contribution is -0.0549. The molecule has 0 saturated carbocycles. The van der Waals surface area contributed by atoms with E-state index in [1.807, 2.05) is 6.92 Å². The standard InChI is InChI=1S/C11H12ClF2NO2/c1-11(5-15-6-11)17-9-4-7(12)2-3-8(9)16-10(13)14/h2-4,10,15H,5-6H2,1H3. The van der Waals surface area contributed by atoms with Crippen LogP contribution in [0, 0.1) is 0 Å². The number of nitrogens with one attached hydrogen (secondary N) is 1. The Labute approximate surface area is 103 Å². The third-order valence-electron chi connectivity index (χ3n) is 2.48. The first kappa shape index (κ1) is 12.4. The number of rotatable bonds is 4. The Hall–Kier alpha value is -1.07. The molecule has 1 N–H and O–H groups in total. The van der Waals surface area contributed by atoms with Gasteiger partial charge in [-0.1, -0.05) is 11.6 Å². The summed E-state index contributed by atoms with van der Waals surface area (Å²) in [5.74, 6) is 0.235. The minimum absolute atomic E-state index is 0.00229. The summed E-state index contributed by atoms with van der Waals surface area (Å²) in [5.41, 5.74) is -0.398. The number of hydrogen-bond acceptors (Lipinski definition) is 3. The molecule has 1 fully saturated rings. The largest absolute Gasteiger partial charge is 0.481 e. The molecule has 1 aliphatic heterocycles. The lowest BCUT2D eigenvalue weighted by atomic mass is 10.00. The topological polar surface area (TPSA) is 30.5 Å². The van der Waals surface area contributed by atoms with E-state index in [4.69, 9.17) is 16.3 Å². The van der Waals surface area contributed by atoms with Crippen molar-refractivity contribution in [3.63, 3.8) is 0 Å². The van der Waals surface area contributed by atoms with Crippen LogP contribution in [0.2, 0.25) is 5.02 Å². The quantitative estimate of drug-likeness (QED) is 0.906. The van der Waals surface area contributed by atoms with Gasteiger partial charge in [0.15, 0.2) is 11.5 Å². The van der Waals surface area contributed by atoms with Gasteiger partial charge in [-0.25, -0.2) is 0 Å². The summed E-state index contributed by atoms with van der Waals surface area (Å²) in [5, 5.41) is 3.46.